The number of carboxylic acids is 1. The van der Waals surface area contributed by atoms with Crippen molar-refractivity contribution in [2.45, 2.75) is 136 Å². The van der Waals surface area contributed by atoms with Crippen LogP contribution in [0.25, 0.3) is 0 Å². The molecule has 6 fully saturated rings. The number of aliphatic hydroxyl groups is 3. The largest absolute Gasteiger partial charge is 0.481 e. The van der Waals surface area contributed by atoms with Gasteiger partial charge in [-0.25, -0.2) is 0 Å². The molecule has 0 spiro atoms. The molecule has 6 aliphatic rings. The second-order valence-corrected chi connectivity index (χ2v) is 18.0. The molecular weight excluding hydrogens is 614 g/mol. The zero-order chi connectivity index (χ0) is 35.2. The molecule has 4 N–H and O–H groups in total. The Bertz CT molecular complexity index is 1290. The summed E-state index contributed by atoms with van der Waals surface area (Å²) >= 11 is 0. The third-order valence-corrected chi connectivity index (χ3v) is 16.0. The first kappa shape index (κ1) is 36.2. The van der Waals surface area contributed by atoms with Crippen LogP contribution in [0.1, 0.15) is 106 Å². The summed E-state index contributed by atoms with van der Waals surface area (Å²) in [4.78, 5) is 31.7. The summed E-state index contributed by atoms with van der Waals surface area (Å²) in [5.41, 5.74) is 0.458. The molecule has 10 heteroatoms. The Morgan fingerprint density at radius 2 is 1.58 bits per heavy atom. The number of esters is 1. The number of carboxylic acid groups (broad SMARTS) is 1. The molecule has 0 radical (unpaired) electrons. The highest BCUT2D eigenvalue weighted by Gasteiger charge is 2.72. The number of rotatable bonds is 7. The van der Waals surface area contributed by atoms with Crippen LogP contribution in [0.3, 0.4) is 0 Å². The fraction of sp³-hybridized carbons (Fsp3) is 0.895. The molecule has 0 aromatic rings. The van der Waals surface area contributed by atoms with E-state index in [4.69, 9.17) is 14.3 Å². The van der Waals surface area contributed by atoms with E-state index in [0.717, 1.165) is 69.8 Å². The number of carbonyl (C=O) groups excluding carboxylic acids is 1. The third-order valence-electron chi connectivity index (χ3n) is 16.0. The van der Waals surface area contributed by atoms with E-state index in [2.05, 4.69) is 48.1 Å². The predicted octanol–water partition coefficient (Wildman–Crippen LogP) is 4.94. The number of hydrogen-bond donors (Lipinski definition) is 4. The molecule has 5 saturated carbocycles. The highest BCUT2D eigenvalue weighted by molar-refractivity contribution is 5.76. The molecule has 10 nitrogen and oxygen atoms in total. The van der Waals surface area contributed by atoms with E-state index < -0.39 is 41.9 Å². The molecule has 272 valence electrons. The first-order valence-electron chi connectivity index (χ1n) is 18.4. The predicted molar refractivity (Wildman–Crippen MR) is 178 cm³/mol. The maximum absolute atomic E-state index is 13.4. The van der Waals surface area contributed by atoms with Crippen LogP contribution in [0.2, 0.25) is 0 Å². The van der Waals surface area contributed by atoms with Crippen LogP contribution in [0.4, 0.5) is 0 Å². The number of aliphatic carboxylic acids is 1. The summed E-state index contributed by atoms with van der Waals surface area (Å²) in [7, 11) is 1.37. The lowest BCUT2D eigenvalue weighted by Gasteiger charge is -2.72. The Balaban J connectivity index is 1.20. The van der Waals surface area contributed by atoms with Crippen molar-refractivity contribution in [3.8, 4) is 0 Å². The molecule has 6 rings (SSSR count). The standard InChI is InChI=1S/C38H61NO9/c1-21(2)22-11-16-38(33(44)45)18-17-36(6)23(29(22)38)9-10-26-35(5)14-13-27(34(3,4)25(35)12-15-37(26,36)7)48-28(41)19-39(46-8)32-31(43)30(42)24(40)20-47-32/h22-27,29-32,40,42-43H,1,9-20H2,2-8H3,(H,44,45)/t22-,23+,24+,25-,26+,27-,29+,30+,31-,32?,35-,36+,37+,38-/m0/s1. The van der Waals surface area contributed by atoms with Gasteiger partial charge in [0.25, 0.3) is 0 Å². The number of nitrogens with zero attached hydrogens (tertiary/aromatic N) is 1. The van der Waals surface area contributed by atoms with Crippen molar-refractivity contribution in [1.29, 1.82) is 0 Å². The van der Waals surface area contributed by atoms with Crippen molar-refractivity contribution in [1.82, 2.24) is 5.06 Å². The molecule has 1 saturated heterocycles. The molecule has 48 heavy (non-hydrogen) atoms. The van der Waals surface area contributed by atoms with Gasteiger partial charge in [0.15, 0.2) is 6.23 Å². The van der Waals surface area contributed by atoms with Gasteiger partial charge in [-0.1, -0.05) is 46.8 Å². The van der Waals surface area contributed by atoms with Crippen LogP contribution in [-0.2, 0) is 23.9 Å². The Morgan fingerprint density at radius 3 is 2.23 bits per heavy atom. The molecule has 14 atom stereocenters. The van der Waals surface area contributed by atoms with Gasteiger partial charge >= 0.3 is 11.9 Å². The lowest BCUT2D eigenvalue weighted by Crippen LogP contribution is -2.67. The van der Waals surface area contributed by atoms with Crippen molar-refractivity contribution >= 4 is 11.9 Å². The third kappa shape index (κ3) is 5.08. The van der Waals surface area contributed by atoms with Crippen LogP contribution in [-0.4, -0.2) is 88.3 Å². The summed E-state index contributed by atoms with van der Waals surface area (Å²) in [6.07, 6.45) is 3.94. The van der Waals surface area contributed by atoms with Crippen LogP contribution in [0.5, 0.6) is 0 Å². The van der Waals surface area contributed by atoms with Gasteiger partial charge in [-0.2, -0.15) is 0 Å². The van der Waals surface area contributed by atoms with E-state index in [1.54, 1.807) is 0 Å². The van der Waals surface area contributed by atoms with Gasteiger partial charge in [0.05, 0.1) is 19.1 Å². The van der Waals surface area contributed by atoms with Crippen molar-refractivity contribution in [3.05, 3.63) is 12.2 Å². The number of fused-ring (bicyclic) bond motifs is 7. The smallest absolute Gasteiger partial charge is 0.323 e. The number of carbonyl (C=O) groups is 2. The lowest BCUT2D eigenvalue weighted by atomic mass is 9.32. The first-order chi connectivity index (χ1) is 22.4. The van der Waals surface area contributed by atoms with Gasteiger partial charge in [0, 0.05) is 5.41 Å². The molecule has 0 amide bonds. The van der Waals surface area contributed by atoms with Crippen molar-refractivity contribution in [2.24, 2.45) is 56.7 Å². The van der Waals surface area contributed by atoms with E-state index in [9.17, 15) is 30.0 Å². The number of hydrogen-bond acceptors (Lipinski definition) is 9. The first-order valence-corrected chi connectivity index (χ1v) is 18.4. The number of aliphatic hydroxyl groups excluding tert-OH is 3. The highest BCUT2D eigenvalue weighted by Crippen LogP contribution is 2.77. The zero-order valence-corrected chi connectivity index (χ0v) is 30.2. The maximum atomic E-state index is 13.4. The van der Waals surface area contributed by atoms with E-state index in [0.29, 0.717) is 17.8 Å². The van der Waals surface area contributed by atoms with Crippen LogP contribution in [0, 0.1) is 56.7 Å². The average Bonchev–Trinajstić information content (AvgIpc) is 3.42. The molecule has 1 aliphatic heterocycles. The van der Waals surface area contributed by atoms with Gasteiger partial charge in [-0.15, -0.1) is 5.06 Å². The number of ether oxygens (including phenoxy) is 2. The minimum atomic E-state index is -1.45. The maximum Gasteiger partial charge on any atom is 0.323 e. The minimum absolute atomic E-state index is 0.0536. The summed E-state index contributed by atoms with van der Waals surface area (Å²) in [6.45, 7) is 18.0. The Morgan fingerprint density at radius 1 is 0.875 bits per heavy atom. The van der Waals surface area contributed by atoms with Gasteiger partial charge in [-0.05, 0) is 117 Å². The molecule has 0 bridgehead atoms. The topological polar surface area (TPSA) is 146 Å². The van der Waals surface area contributed by atoms with Gasteiger partial charge in [0.2, 0.25) is 0 Å². The fourth-order valence-corrected chi connectivity index (χ4v) is 13.3. The number of hydroxylamine groups is 2. The lowest BCUT2D eigenvalue weighted by molar-refractivity contribution is -0.305. The normalized spacial score (nSPS) is 49.6. The van der Waals surface area contributed by atoms with E-state index in [-0.39, 0.29) is 52.8 Å². The molecule has 0 aromatic heterocycles. The SMILES string of the molecule is C=C(C)[C@@H]1CC[C@]2(C(=O)O)CC[C@]3(C)[C@H](CC[C@@H]4[C@@]5(C)CC[C@H](OC(=O)CN(OC)C6OC[C@@H](O)[C@@H](O)[C@@H]6O)C(C)(C)[C@@H]5CC[C@]43C)[C@@H]12. The van der Waals surface area contributed by atoms with Crippen LogP contribution < -0.4 is 0 Å². The van der Waals surface area contributed by atoms with Gasteiger partial charge in [-0.3, -0.25) is 14.4 Å². The summed E-state index contributed by atoms with van der Waals surface area (Å²) in [6, 6.07) is 0. The quantitative estimate of drug-likeness (QED) is 0.166. The van der Waals surface area contributed by atoms with Gasteiger partial charge in [0.1, 0.15) is 31.0 Å². The minimum Gasteiger partial charge on any atom is -0.481 e. The second-order valence-electron chi connectivity index (χ2n) is 18.0. The van der Waals surface area contributed by atoms with Crippen molar-refractivity contribution in [2.75, 3.05) is 20.3 Å². The molecule has 1 unspecified atom stereocenters. The fourth-order valence-electron chi connectivity index (χ4n) is 13.3. The van der Waals surface area contributed by atoms with Crippen LogP contribution >= 0.6 is 0 Å². The Hall–Kier alpha value is -1.56. The average molecular weight is 676 g/mol. The van der Waals surface area contributed by atoms with Crippen LogP contribution in [0.15, 0.2) is 12.2 Å². The zero-order valence-electron chi connectivity index (χ0n) is 30.2. The molecular formula is C38H61NO9. The number of allylic oxidation sites excluding steroid dienone is 1. The van der Waals surface area contributed by atoms with E-state index in [1.807, 2.05) is 0 Å². The molecule has 1 heterocycles. The van der Waals surface area contributed by atoms with E-state index in [1.165, 1.54) is 12.2 Å². The Labute approximate surface area is 286 Å². The van der Waals surface area contributed by atoms with E-state index >= 15 is 0 Å². The van der Waals surface area contributed by atoms with Crippen molar-refractivity contribution in [3.63, 3.8) is 0 Å². The molecule has 0 aromatic carbocycles. The molecule has 5 aliphatic carbocycles. The van der Waals surface area contributed by atoms with Gasteiger partial charge < -0.3 is 29.9 Å². The summed E-state index contributed by atoms with van der Waals surface area (Å²) in [5.74, 6) is 0.572. The summed E-state index contributed by atoms with van der Waals surface area (Å²) in [5, 5.41) is 42.3. The second kappa shape index (κ2) is 12.3. The van der Waals surface area contributed by atoms with Crippen molar-refractivity contribution < 1.29 is 44.3 Å². The monoisotopic (exact) mass is 675 g/mol. The Kier molecular flexibility index (Phi) is 9.28. The highest BCUT2D eigenvalue weighted by atomic mass is 16.7. The summed E-state index contributed by atoms with van der Waals surface area (Å²) < 4.78 is 11.7.